The van der Waals surface area contributed by atoms with Crippen molar-refractivity contribution in [2.45, 2.75) is 45.6 Å². The summed E-state index contributed by atoms with van der Waals surface area (Å²) >= 11 is 0. The second kappa shape index (κ2) is 9.08. The van der Waals surface area contributed by atoms with Gasteiger partial charge in [0.25, 0.3) is 0 Å². The van der Waals surface area contributed by atoms with Gasteiger partial charge in [-0.25, -0.2) is 4.99 Å². The number of nitrogens with one attached hydrogen (secondary N) is 3. The molecule has 142 valence electrons. The second-order valence-corrected chi connectivity index (χ2v) is 7.38. The van der Waals surface area contributed by atoms with Gasteiger partial charge >= 0.3 is 0 Å². The van der Waals surface area contributed by atoms with E-state index in [9.17, 15) is 0 Å². The van der Waals surface area contributed by atoms with Crippen LogP contribution in [-0.2, 0) is 11.3 Å². The van der Waals surface area contributed by atoms with E-state index in [1.54, 1.807) is 7.11 Å². The minimum atomic E-state index is 0.354. The number of aromatic nitrogens is 1. The predicted molar refractivity (Wildman–Crippen MR) is 109 cm³/mol. The number of nitrogens with zero attached hydrogens (tertiary/aromatic N) is 1. The van der Waals surface area contributed by atoms with Gasteiger partial charge in [-0.2, -0.15) is 0 Å². The van der Waals surface area contributed by atoms with Crippen LogP contribution >= 0.6 is 0 Å². The largest absolute Gasteiger partial charge is 0.385 e. The Morgan fingerprint density at radius 3 is 2.77 bits per heavy atom. The summed E-state index contributed by atoms with van der Waals surface area (Å²) in [5, 5.41) is 8.20. The number of aromatic amines is 1. The lowest BCUT2D eigenvalue weighted by Crippen LogP contribution is -2.43. The number of para-hydroxylation sites is 1. The highest BCUT2D eigenvalue weighted by Crippen LogP contribution is 2.40. The molecular weight excluding hydrogens is 324 g/mol. The zero-order valence-corrected chi connectivity index (χ0v) is 16.1. The second-order valence-electron chi connectivity index (χ2n) is 7.38. The minimum absolute atomic E-state index is 0.354. The summed E-state index contributed by atoms with van der Waals surface area (Å²) in [4.78, 5) is 8.23. The van der Waals surface area contributed by atoms with Crippen molar-refractivity contribution in [2.75, 3.05) is 26.8 Å². The SMILES string of the molecule is CCNC(=NCc1cc2ccccc2[nH]1)NCC1(CCOC)CCCC1. The first-order valence-electron chi connectivity index (χ1n) is 9.82. The molecule has 26 heavy (non-hydrogen) atoms. The number of rotatable bonds is 8. The summed E-state index contributed by atoms with van der Waals surface area (Å²) in [7, 11) is 1.79. The first kappa shape index (κ1) is 18.8. The fourth-order valence-corrected chi connectivity index (χ4v) is 3.95. The Hall–Kier alpha value is -2.01. The quantitative estimate of drug-likeness (QED) is 0.498. The molecule has 1 saturated carbocycles. The first-order valence-corrected chi connectivity index (χ1v) is 9.82. The van der Waals surface area contributed by atoms with Crippen molar-refractivity contribution in [3.05, 3.63) is 36.0 Å². The van der Waals surface area contributed by atoms with Crippen LogP contribution < -0.4 is 10.6 Å². The molecule has 1 fully saturated rings. The van der Waals surface area contributed by atoms with E-state index in [0.717, 1.165) is 37.8 Å². The molecule has 0 atom stereocenters. The van der Waals surface area contributed by atoms with Gasteiger partial charge in [-0.3, -0.25) is 0 Å². The van der Waals surface area contributed by atoms with Gasteiger partial charge in [0.05, 0.1) is 6.54 Å². The third kappa shape index (κ3) is 4.79. The number of hydrogen-bond acceptors (Lipinski definition) is 2. The van der Waals surface area contributed by atoms with Crippen molar-refractivity contribution in [3.8, 4) is 0 Å². The van der Waals surface area contributed by atoms with Crippen LogP contribution in [0.15, 0.2) is 35.3 Å². The van der Waals surface area contributed by atoms with Crippen molar-refractivity contribution in [3.63, 3.8) is 0 Å². The Balaban J connectivity index is 1.62. The normalized spacial score (nSPS) is 16.9. The molecular formula is C21H32N4O. The fraction of sp³-hybridized carbons (Fsp3) is 0.571. The molecule has 3 rings (SSSR count). The van der Waals surface area contributed by atoms with Crippen LogP contribution in [0.25, 0.3) is 10.9 Å². The van der Waals surface area contributed by atoms with Crippen LogP contribution in [0.2, 0.25) is 0 Å². The highest BCUT2D eigenvalue weighted by atomic mass is 16.5. The molecule has 1 aliphatic rings. The molecule has 0 radical (unpaired) electrons. The van der Waals surface area contributed by atoms with Crippen molar-refractivity contribution in [1.82, 2.24) is 15.6 Å². The molecule has 0 bridgehead atoms. The van der Waals surface area contributed by atoms with E-state index in [0.29, 0.717) is 12.0 Å². The molecule has 1 aliphatic carbocycles. The maximum absolute atomic E-state index is 5.34. The van der Waals surface area contributed by atoms with E-state index in [-0.39, 0.29) is 0 Å². The Morgan fingerprint density at radius 2 is 2.04 bits per heavy atom. The number of guanidine groups is 1. The summed E-state index contributed by atoms with van der Waals surface area (Å²) in [6.45, 7) is 5.43. The predicted octanol–water partition coefficient (Wildman–Crippen LogP) is 3.82. The molecule has 5 heteroatoms. The third-order valence-corrected chi connectivity index (χ3v) is 5.47. The molecule has 3 N–H and O–H groups in total. The highest BCUT2D eigenvalue weighted by molar-refractivity contribution is 5.81. The maximum Gasteiger partial charge on any atom is 0.191 e. The van der Waals surface area contributed by atoms with Crippen molar-refractivity contribution in [2.24, 2.45) is 10.4 Å². The molecule has 1 aromatic carbocycles. The number of aliphatic imine (C=N–C) groups is 1. The van der Waals surface area contributed by atoms with Crippen LogP contribution in [0.5, 0.6) is 0 Å². The monoisotopic (exact) mass is 356 g/mol. The average molecular weight is 357 g/mol. The van der Waals surface area contributed by atoms with E-state index in [2.05, 4.69) is 52.9 Å². The average Bonchev–Trinajstić information content (AvgIpc) is 3.29. The Bertz CT molecular complexity index is 683. The van der Waals surface area contributed by atoms with E-state index >= 15 is 0 Å². The van der Waals surface area contributed by atoms with Crippen molar-refractivity contribution >= 4 is 16.9 Å². The van der Waals surface area contributed by atoms with Crippen LogP contribution in [0.1, 0.15) is 44.7 Å². The van der Waals surface area contributed by atoms with Gasteiger partial charge in [-0.15, -0.1) is 0 Å². The van der Waals surface area contributed by atoms with Crippen LogP contribution in [-0.4, -0.2) is 37.7 Å². The third-order valence-electron chi connectivity index (χ3n) is 5.47. The summed E-state index contributed by atoms with van der Waals surface area (Å²) in [6, 6.07) is 10.5. The molecule has 0 saturated heterocycles. The summed E-state index contributed by atoms with van der Waals surface area (Å²) in [6.07, 6.45) is 6.34. The van der Waals surface area contributed by atoms with E-state index in [1.807, 2.05) is 0 Å². The Kier molecular flexibility index (Phi) is 6.56. The topological polar surface area (TPSA) is 61.4 Å². The number of hydrogen-bond donors (Lipinski definition) is 3. The number of H-pyrrole nitrogens is 1. The van der Waals surface area contributed by atoms with E-state index in [1.165, 1.54) is 36.6 Å². The number of benzene rings is 1. The molecule has 2 aromatic rings. The molecule has 1 heterocycles. The minimum Gasteiger partial charge on any atom is -0.385 e. The number of fused-ring (bicyclic) bond motifs is 1. The molecule has 0 spiro atoms. The molecule has 5 nitrogen and oxygen atoms in total. The van der Waals surface area contributed by atoms with E-state index < -0.39 is 0 Å². The van der Waals surface area contributed by atoms with Crippen LogP contribution in [0, 0.1) is 5.41 Å². The van der Waals surface area contributed by atoms with Crippen molar-refractivity contribution in [1.29, 1.82) is 0 Å². The molecule has 1 aromatic heterocycles. The maximum atomic E-state index is 5.34. The zero-order valence-electron chi connectivity index (χ0n) is 16.1. The zero-order chi connectivity index (χ0) is 18.2. The van der Waals surface area contributed by atoms with Gasteiger partial charge in [0, 0.05) is 38.0 Å². The smallest absolute Gasteiger partial charge is 0.191 e. The molecule has 0 amide bonds. The van der Waals surface area contributed by atoms with Gasteiger partial charge in [0.15, 0.2) is 5.96 Å². The highest BCUT2D eigenvalue weighted by Gasteiger charge is 2.33. The lowest BCUT2D eigenvalue weighted by atomic mass is 9.83. The van der Waals surface area contributed by atoms with Gasteiger partial charge < -0.3 is 20.4 Å². The Morgan fingerprint density at radius 1 is 1.23 bits per heavy atom. The summed E-state index contributed by atoms with van der Waals surface area (Å²) < 4.78 is 5.34. The van der Waals surface area contributed by atoms with Gasteiger partial charge in [-0.1, -0.05) is 31.0 Å². The summed E-state index contributed by atoms with van der Waals surface area (Å²) in [5.41, 5.74) is 2.66. The van der Waals surface area contributed by atoms with Crippen LogP contribution in [0.3, 0.4) is 0 Å². The van der Waals surface area contributed by atoms with Gasteiger partial charge in [-0.05, 0) is 49.1 Å². The van der Waals surface area contributed by atoms with Crippen molar-refractivity contribution < 1.29 is 4.74 Å². The lowest BCUT2D eigenvalue weighted by molar-refractivity contribution is 0.138. The first-order chi connectivity index (χ1) is 12.7. The Labute approximate surface area is 156 Å². The molecule has 0 aliphatic heterocycles. The lowest BCUT2D eigenvalue weighted by Gasteiger charge is -2.30. The summed E-state index contributed by atoms with van der Waals surface area (Å²) in [5.74, 6) is 0.898. The van der Waals surface area contributed by atoms with Gasteiger partial charge in [0.2, 0.25) is 0 Å². The number of ether oxygens (including phenoxy) is 1. The number of methoxy groups -OCH3 is 1. The standard InChI is InChI=1S/C21H32N4O/c1-3-22-20(24-16-21(12-13-26-2)10-6-7-11-21)23-15-18-14-17-8-4-5-9-19(17)25-18/h4-5,8-9,14,25H,3,6-7,10-13,15-16H2,1-2H3,(H2,22,23,24). The molecule has 0 unspecified atom stereocenters. The van der Waals surface area contributed by atoms with Gasteiger partial charge in [0.1, 0.15) is 0 Å². The fourth-order valence-electron chi connectivity index (χ4n) is 3.95. The van der Waals surface area contributed by atoms with Crippen LogP contribution in [0.4, 0.5) is 0 Å². The van der Waals surface area contributed by atoms with E-state index in [4.69, 9.17) is 9.73 Å².